The Morgan fingerprint density at radius 3 is 1.09 bits per heavy atom. The van der Waals surface area contributed by atoms with Crippen LogP contribution < -0.4 is 11.5 Å². The van der Waals surface area contributed by atoms with E-state index in [-0.39, 0.29) is 7.43 Å². The molecule has 6 heteroatoms. The molecule has 0 heterocycles. The van der Waals surface area contributed by atoms with Gasteiger partial charge in [0.2, 0.25) is 0 Å². The Hall–Kier alpha value is 0.198. The van der Waals surface area contributed by atoms with Crippen molar-refractivity contribution in [2.45, 2.75) is 98.3 Å². The van der Waals surface area contributed by atoms with Gasteiger partial charge in [0.25, 0.3) is 0 Å². The van der Waals surface area contributed by atoms with Gasteiger partial charge in [-0.3, -0.25) is 0 Å². The Kier molecular flexibility index (Phi) is 45.5. The zero-order valence-corrected chi connectivity index (χ0v) is 17.0. The van der Waals surface area contributed by atoms with Gasteiger partial charge in [-0.2, -0.15) is 0 Å². The quantitative estimate of drug-likeness (QED) is 0.297. The second-order valence-corrected chi connectivity index (χ2v) is 6.58. The van der Waals surface area contributed by atoms with Crippen LogP contribution in [0.15, 0.2) is 0 Å². The topological polar surface area (TPSA) is 110 Å². The van der Waals surface area contributed by atoms with Gasteiger partial charge in [0.1, 0.15) is 0 Å². The first-order chi connectivity index (χ1) is 10.6. The molecule has 0 unspecified atom stereocenters. The summed E-state index contributed by atoms with van der Waals surface area (Å²) in [6, 6.07) is 0. The molecule has 0 spiro atoms. The summed E-state index contributed by atoms with van der Waals surface area (Å²) in [6.07, 6.45) is 16.1. The zero-order chi connectivity index (χ0) is 17.5. The van der Waals surface area contributed by atoms with Crippen molar-refractivity contribution in [1.29, 1.82) is 0 Å². The minimum atomic E-state index is -3.58. The second kappa shape index (κ2) is 33.7. The normalized spacial score (nSPS) is 9.35. The molecule has 0 saturated carbocycles. The van der Waals surface area contributed by atoms with E-state index in [0.29, 0.717) is 0 Å². The van der Waals surface area contributed by atoms with Gasteiger partial charge in [0, 0.05) is 0 Å². The fraction of sp³-hybridized carbons (Fsp3) is 1.00. The number of hydrogen-bond donors (Lipinski definition) is 4. The molecule has 0 amide bonds. The molecular weight excluding hydrogens is 355 g/mol. The summed E-state index contributed by atoms with van der Waals surface area (Å²) in [5.74, 6) is 0. The Morgan fingerprint density at radius 1 is 0.652 bits per heavy atom. The zero-order valence-electron chi connectivity index (χ0n) is 14.9. The number of rotatable bonds is 12. The third-order valence-electron chi connectivity index (χ3n) is 3.12. The minimum absolute atomic E-state index is 0. The van der Waals surface area contributed by atoms with E-state index in [9.17, 15) is 0 Å². The van der Waals surface area contributed by atoms with Crippen LogP contribution in [-0.2, 0) is 3.74 Å². The molecule has 5 nitrogen and oxygen atoms in total. The molecule has 0 aliphatic rings. The molecule has 23 heavy (non-hydrogen) atoms. The van der Waals surface area contributed by atoms with Gasteiger partial charge in [0.15, 0.2) is 0 Å². The summed E-state index contributed by atoms with van der Waals surface area (Å²) in [6.45, 7) is 6.21. The molecule has 6 N–H and O–H groups in total. The Balaban J connectivity index is -0.000000124. The summed E-state index contributed by atoms with van der Waals surface area (Å²) in [4.78, 5) is 0. The molecule has 0 radical (unpaired) electrons. The van der Waals surface area contributed by atoms with E-state index in [4.69, 9.17) is 23.4 Å². The molecule has 0 bridgehead atoms. The van der Waals surface area contributed by atoms with Crippen molar-refractivity contribution in [3.63, 3.8) is 0 Å². The maximum absolute atomic E-state index is 8.81. The van der Waals surface area contributed by atoms with Gasteiger partial charge in [-0.1, -0.05) is 85.5 Å². The summed E-state index contributed by atoms with van der Waals surface area (Å²) in [5, 5.41) is 0. The monoisotopic (exact) mass is 400 g/mol. The number of unbranched alkanes of at least 4 members (excludes halogenated alkanes) is 10. The van der Waals surface area contributed by atoms with Crippen molar-refractivity contribution in [1.82, 2.24) is 0 Å². The molecule has 0 saturated heterocycles. The van der Waals surface area contributed by atoms with E-state index >= 15 is 0 Å². The Labute approximate surface area is 150 Å². The summed E-state index contributed by atoms with van der Waals surface area (Å²) in [5.41, 5.74) is 10.7. The maximum atomic E-state index is 8.81. The van der Waals surface area contributed by atoms with Crippen LogP contribution in [0, 0.1) is 0 Å². The standard InChI is InChI=1S/2C8H19N.CH4.AsH3O3/c2*1-2-3-4-5-6-7-8-9;;2-1(3)4/h2*2-9H2,1H3;1H4;1H,(H2,2,3,4). The third kappa shape index (κ3) is 60.9. The average Bonchev–Trinajstić information content (AvgIpc) is 2.47. The van der Waals surface area contributed by atoms with Crippen molar-refractivity contribution in [3.8, 4) is 0 Å². The van der Waals surface area contributed by atoms with E-state index in [2.05, 4.69) is 13.8 Å². The van der Waals surface area contributed by atoms with Gasteiger partial charge >= 0.3 is 27.2 Å². The number of nitrogens with two attached hydrogens (primary N) is 2. The van der Waals surface area contributed by atoms with E-state index in [1.807, 2.05) is 0 Å². The average molecular weight is 400 g/mol. The van der Waals surface area contributed by atoms with E-state index < -0.39 is 15.3 Å². The van der Waals surface area contributed by atoms with Crippen molar-refractivity contribution < 1.29 is 11.9 Å². The molecule has 0 atom stereocenters. The molecular formula is C17H45AsN2O3. The first-order valence-corrected chi connectivity index (χ1v) is 11.6. The summed E-state index contributed by atoms with van der Waals surface area (Å²) < 4.78 is 23.2. The SMILES string of the molecule is C.CCCCCCCCN.CCCCCCCCN.O=[AsH](O)O. The molecule has 0 aliphatic heterocycles. The summed E-state index contributed by atoms with van der Waals surface area (Å²) in [7, 11) is 0. The van der Waals surface area contributed by atoms with Crippen LogP contribution in [-0.4, -0.2) is 36.6 Å². The van der Waals surface area contributed by atoms with Gasteiger partial charge in [0.05, 0.1) is 0 Å². The fourth-order valence-corrected chi connectivity index (χ4v) is 1.85. The van der Waals surface area contributed by atoms with Crippen molar-refractivity contribution in [2.24, 2.45) is 11.5 Å². The van der Waals surface area contributed by atoms with Crippen LogP contribution in [0.5, 0.6) is 0 Å². The van der Waals surface area contributed by atoms with Crippen molar-refractivity contribution >= 4 is 15.3 Å². The van der Waals surface area contributed by atoms with Crippen LogP contribution >= 0.6 is 0 Å². The van der Waals surface area contributed by atoms with Crippen LogP contribution in [0.25, 0.3) is 0 Å². The van der Waals surface area contributed by atoms with Crippen molar-refractivity contribution in [2.75, 3.05) is 13.1 Å². The predicted octanol–water partition coefficient (Wildman–Crippen LogP) is 3.37. The Bertz CT molecular complexity index is 167. The van der Waals surface area contributed by atoms with E-state index in [1.165, 1.54) is 77.0 Å². The van der Waals surface area contributed by atoms with Crippen LogP contribution in [0.4, 0.5) is 0 Å². The van der Waals surface area contributed by atoms with Crippen LogP contribution in [0.3, 0.4) is 0 Å². The van der Waals surface area contributed by atoms with E-state index in [1.54, 1.807) is 0 Å². The Morgan fingerprint density at radius 2 is 0.870 bits per heavy atom. The van der Waals surface area contributed by atoms with Gasteiger partial charge in [-0.25, -0.2) is 0 Å². The first-order valence-electron chi connectivity index (χ1n) is 8.88. The van der Waals surface area contributed by atoms with Crippen LogP contribution in [0.1, 0.15) is 98.3 Å². The second-order valence-electron chi connectivity index (χ2n) is 5.40. The summed E-state index contributed by atoms with van der Waals surface area (Å²) >= 11 is -3.58. The number of hydrogen-bond acceptors (Lipinski definition) is 3. The molecule has 0 rings (SSSR count). The van der Waals surface area contributed by atoms with Gasteiger partial charge in [-0.05, 0) is 25.9 Å². The van der Waals surface area contributed by atoms with Gasteiger partial charge < -0.3 is 11.5 Å². The molecule has 0 aromatic heterocycles. The molecule has 146 valence electrons. The van der Waals surface area contributed by atoms with E-state index in [0.717, 1.165) is 13.1 Å². The van der Waals surface area contributed by atoms with Gasteiger partial charge in [-0.15, -0.1) is 0 Å². The molecule has 0 aliphatic carbocycles. The third-order valence-corrected chi connectivity index (χ3v) is 3.12. The molecule has 0 aromatic rings. The van der Waals surface area contributed by atoms with Crippen LogP contribution in [0.2, 0.25) is 0 Å². The fourth-order valence-electron chi connectivity index (χ4n) is 1.85. The predicted molar refractivity (Wildman–Crippen MR) is 104 cm³/mol. The molecule has 0 aromatic carbocycles. The first kappa shape index (κ1) is 31.0. The molecule has 0 fully saturated rings. The van der Waals surface area contributed by atoms with Crippen molar-refractivity contribution in [3.05, 3.63) is 0 Å².